The van der Waals surface area contributed by atoms with E-state index >= 15 is 0 Å². The van der Waals surface area contributed by atoms with Crippen molar-refractivity contribution in [1.82, 2.24) is 9.80 Å². The van der Waals surface area contributed by atoms with Gasteiger partial charge in [0.05, 0.1) is 0 Å². The normalized spacial score (nSPS) is 22.1. The average Bonchev–Trinajstić information content (AvgIpc) is 2.89. The highest BCUT2D eigenvalue weighted by molar-refractivity contribution is 5.49. The SMILES string of the molecule is CC1CCCC(c2ccc3c(c2)CN(CCCO)CO3)(c2ccc3c(c2)CN(CCCO)CO3)C1. The Balaban J connectivity index is 1.48. The van der Waals surface area contributed by atoms with Gasteiger partial charge in [-0.15, -0.1) is 0 Å². The van der Waals surface area contributed by atoms with Crippen molar-refractivity contribution in [3.05, 3.63) is 58.7 Å². The second-order valence-electron chi connectivity index (χ2n) is 10.7. The van der Waals surface area contributed by atoms with Gasteiger partial charge in [-0.3, -0.25) is 9.80 Å². The first-order valence-electron chi connectivity index (χ1n) is 13.3. The van der Waals surface area contributed by atoms with Crippen molar-refractivity contribution >= 4 is 0 Å². The van der Waals surface area contributed by atoms with E-state index < -0.39 is 0 Å². The van der Waals surface area contributed by atoms with E-state index in [4.69, 9.17) is 9.47 Å². The van der Waals surface area contributed by atoms with Crippen LogP contribution in [0.5, 0.6) is 11.5 Å². The van der Waals surface area contributed by atoms with Crippen molar-refractivity contribution in [2.75, 3.05) is 39.8 Å². The number of aliphatic hydroxyl groups is 2. The Hall–Kier alpha value is -2.12. The van der Waals surface area contributed by atoms with Gasteiger partial charge in [0.25, 0.3) is 0 Å². The van der Waals surface area contributed by atoms with Crippen LogP contribution < -0.4 is 9.47 Å². The third-order valence-electron chi connectivity index (χ3n) is 8.08. The molecule has 1 atom stereocenters. The van der Waals surface area contributed by atoms with E-state index in [-0.39, 0.29) is 18.6 Å². The van der Waals surface area contributed by atoms with Crippen LogP contribution in [0, 0.1) is 5.92 Å². The molecule has 190 valence electrons. The quantitative estimate of drug-likeness (QED) is 0.589. The van der Waals surface area contributed by atoms with Crippen LogP contribution in [-0.2, 0) is 18.5 Å². The van der Waals surface area contributed by atoms with E-state index in [1.807, 2.05) is 0 Å². The summed E-state index contributed by atoms with van der Waals surface area (Å²) in [5.74, 6) is 2.66. The summed E-state index contributed by atoms with van der Waals surface area (Å²) in [6.07, 6.45) is 6.36. The Labute approximate surface area is 209 Å². The molecular formula is C29H40N2O4. The molecule has 6 heteroatoms. The standard InChI is InChI=1S/C29H40N2O4/c1-22-5-2-10-29(17-22,25-6-8-27-23(15-25)18-30(20-34-27)11-3-13-32)26-7-9-28-24(16-26)19-31(21-35-28)12-4-14-33/h6-9,15-16,22,32-33H,2-5,10-14,17-21H2,1H3. The largest absolute Gasteiger partial charge is 0.478 e. The highest BCUT2D eigenvalue weighted by atomic mass is 16.5. The zero-order valence-electron chi connectivity index (χ0n) is 21.0. The molecule has 1 unspecified atom stereocenters. The van der Waals surface area contributed by atoms with Gasteiger partial charge in [-0.05, 0) is 67.0 Å². The summed E-state index contributed by atoms with van der Waals surface area (Å²) in [5.41, 5.74) is 5.28. The van der Waals surface area contributed by atoms with Gasteiger partial charge >= 0.3 is 0 Å². The fourth-order valence-corrected chi connectivity index (χ4v) is 6.30. The molecule has 35 heavy (non-hydrogen) atoms. The number of nitrogens with zero attached hydrogens (tertiary/aromatic N) is 2. The predicted molar refractivity (Wildman–Crippen MR) is 137 cm³/mol. The Morgan fingerprint density at radius 2 is 1.40 bits per heavy atom. The van der Waals surface area contributed by atoms with Gasteiger partial charge in [0.15, 0.2) is 0 Å². The summed E-state index contributed by atoms with van der Waals surface area (Å²) < 4.78 is 12.1. The number of aliphatic hydroxyl groups excluding tert-OH is 2. The van der Waals surface area contributed by atoms with Gasteiger partial charge in [-0.25, -0.2) is 0 Å². The maximum atomic E-state index is 9.24. The van der Waals surface area contributed by atoms with Gasteiger partial charge in [-0.2, -0.15) is 0 Å². The van der Waals surface area contributed by atoms with Crippen molar-refractivity contribution in [1.29, 1.82) is 0 Å². The topological polar surface area (TPSA) is 65.4 Å². The lowest BCUT2D eigenvalue weighted by Gasteiger charge is -2.42. The second-order valence-corrected chi connectivity index (χ2v) is 10.7. The molecule has 1 saturated carbocycles. The molecule has 0 radical (unpaired) electrons. The Morgan fingerprint density at radius 3 is 1.89 bits per heavy atom. The van der Waals surface area contributed by atoms with Crippen LogP contribution in [0.1, 0.15) is 67.7 Å². The minimum Gasteiger partial charge on any atom is -0.478 e. The van der Waals surface area contributed by atoms with E-state index in [2.05, 4.69) is 53.1 Å². The van der Waals surface area contributed by atoms with E-state index in [0.717, 1.165) is 63.4 Å². The first kappa shape index (κ1) is 24.6. The van der Waals surface area contributed by atoms with E-state index in [1.165, 1.54) is 35.1 Å². The Kier molecular flexibility index (Phi) is 7.63. The van der Waals surface area contributed by atoms with Crippen molar-refractivity contribution < 1.29 is 19.7 Å². The summed E-state index contributed by atoms with van der Waals surface area (Å²) in [6, 6.07) is 13.7. The molecular weight excluding hydrogens is 440 g/mol. The van der Waals surface area contributed by atoms with Crippen LogP contribution in [0.3, 0.4) is 0 Å². The molecule has 3 aliphatic rings. The molecule has 0 bridgehead atoms. The fraction of sp³-hybridized carbons (Fsp3) is 0.586. The molecule has 1 fully saturated rings. The lowest BCUT2D eigenvalue weighted by molar-refractivity contribution is 0.0880. The van der Waals surface area contributed by atoms with Gasteiger partial charge in [0, 0.05) is 55.9 Å². The van der Waals surface area contributed by atoms with Crippen molar-refractivity contribution in [2.45, 2.75) is 64.0 Å². The smallest absolute Gasteiger partial charge is 0.142 e. The Morgan fingerprint density at radius 1 is 0.857 bits per heavy atom. The van der Waals surface area contributed by atoms with E-state index in [1.54, 1.807) is 0 Å². The third kappa shape index (κ3) is 5.21. The highest BCUT2D eigenvalue weighted by Gasteiger charge is 2.39. The molecule has 6 nitrogen and oxygen atoms in total. The first-order valence-corrected chi connectivity index (χ1v) is 13.3. The molecule has 2 aliphatic heterocycles. The lowest BCUT2D eigenvalue weighted by Crippen LogP contribution is -2.36. The molecule has 0 saturated heterocycles. The molecule has 2 aromatic carbocycles. The summed E-state index contributed by atoms with van der Waals surface area (Å²) in [4.78, 5) is 4.55. The number of ether oxygens (including phenoxy) is 2. The lowest BCUT2D eigenvalue weighted by atomic mass is 9.62. The van der Waals surface area contributed by atoms with Crippen molar-refractivity contribution in [3.8, 4) is 11.5 Å². The van der Waals surface area contributed by atoms with Crippen molar-refractivity contribution in [3.63, 3.8) is 0 Å². The molecule has 0 aromatic heterocycles. The zero-order chi connectivity index (χ0) is 24.3. The second kappa shape index (κ2) is 10.9. The zero-order valence-corrected chi connectivity index (χ0v) is 21.0. The van der Waals surface area contributed by atoms with Crippen LogP contribution >= 0.6 is 0 Å². The predicted octanol–water partition coefficient (Wildman–Crippen LogP) is 4.25. The first-order chi connectivity index (χ1) is 17.1. The number of hydrogen-bond donors (Lipinski definition) is 2. The highest BCUT2D eigenvalue weighted by Crippen LogP contribution is 2.49. The maximum Gasteiger partial charge on any atom is 0.142 e. The van der Waals surface area contributed by atoms with Gasteiger partial charge in [-0.1, -0.05) is 31.9 Å². The summed E-state index contributed by atoms with van der Waals surface area (Å²) >= 11 is 0. The number of rotatable bonds is 8. The van der Waals surface area contributed by atoms with Crippen molar-refractivity contribution in [2.24, 2.45) is 5.92 Å². The van der Waals surface area contributed by atoms with Crippen LogP contribution in [0.2, 0.25) is 0 Å². The molecule has 2 heterocycles. The summed E-state index contributed by atoms with van der Waals surface area (Å²) in [6.45, 7) is 7.43. The summed E-state index contributed by atoms with van der Waals surface area (Å²) in [5, 5.41) is 18.5. The van der Waals surface area contributed by atoms with Crippen LogP contribution in [0.15, 0.2) is 36.4 Å². The van der Waals surface area contributed by atoms with Gasteiger partial charge in [0.2, 0.25) is 0 Å². The maximum absolute atomic E-state index is 9.24. The Bertz CT molecular complexity index is 941. The van der Waals surface area contributed by atoms with Crippen LogP contribution in [-0.4, -0.2) is 59.8 Å². The molecule has 2 aromatic rings. The van der Waals surface area contributed by atoms with Crippen LogP contribution in [0.25, 0.3) is 0 Å². The number of benzene rings is 2. The molecule has 0 amide bonds. The van der Waals surface area contributed by atoms with Gasteiger partial charge < -0.3 is 19.7 Å². The summed E-state index contributed by atoms with van der Waals surface area (Å²) in [7, 11) is 0. The van der Waals surface area contributed by atoms with E-state index in [0.29, 0.717) is 19.4 Å². The molecule has 2 N–H and O–H groups in total. The van der Waals surface area contributed by atoms with Gasteiger partial charge in [0.1, 0.15) is 25.0 Å². The monoisotopic (exact) mass is 480 g/mol. The fourth-order valence-electron chi connectivity index (χ4n) is 6.30. The van der Waals surface area contributed by atoms with Crippen LogP contribution in [0.4, 0.5) is 0 Å². The molecule has 5 rings (SSSR count). The average molecular weight is 481 g/mol. The molecule has 0 spiro atoms. The third-order valence-corrected chi connectivity index (χ3v) is 8.08. The molecule has 1 aliphatic carbocycles. The minimum absolute atomic E-state index is 0.0114. The minimum atomic E-state index is -0.0114. The van der Waals surface area contributed by atoms with E-state index in [9.17, 15) is 10.2 Å². The number of fused-ring (bicyclic) bond motifs is 2. The number of hydrogen-bond acceptors (Lipinski definition) is 6.